The number of methoxy groups -OCH3 is 3. The van der Waals surface area contributed by atoms with Crippen LogP contribution in [-0.2, 0) is 0 Å². The Morgan fingerprint density at radius 1 is 0.455 bits per heavy atom. The Labute approximate surface area is 195 Å². The summed E-state index contributed by atoms with van der Waals surface area (Å²) >= 11 is 0. The predicted molar refractivity (Wildman–Crippen MR) is 140 cm³/mol. The van der Waals surface area contributed by atoms with Crippen molar-refractivity contribution in [2.24, 2.45) is 0 Å². The normalized spacial score (nSPS) is 11.2. The van der Waals surface area contributed by atoms with E-state index in [1.807, 2.05) is 12.1 Å². The molecule has 5 aromatic rings. The van der Waals surface area contributed by atoms with Crippen LogP contribution in [0.4, 0.5) is 0 Å². The number of ether oxygens (including phenoxy) is 3. The van der Waals surface area contributed by atoms with Gasteiger partial charge in [0.2, 0.25) is 0 Å². The number of hydrogen-bond acceptors (Lipinski definition) is 3. The van der Waals surface area contributed by atoms with Gasteiger partial charge in [-0.1, -0.05) is 78.9 Å². The maximum Gasteiger partial charge on any atom is 0.135 e. The van der Waals surface area contributed by atoms with E-state index in [9.17, 15) is 0 Å². The van der Waals surface area contributed by atoms with Gasteiger partial charge in [-0.15, -0.1) is 0 Å². The monoisotopic (exact) mass is 452 g/mol. The highest BCUT2D eigenvalue weighted by molar-refractivity contribution is 7.80. The molecular weight excluding hydrogens is 427 g/mol. The fraction of sp³-hybridized carbons (Fsp3) is 0.103. The molecule has 0 fully saturated rings. The molecule has 5 rings (SSSR count). The van der Waals surface area contributed by atoms with Gasteiger partial charge >= 0.3 is 0 Å². The topological polar surface area (TPSA) is 27.7 Å². The zero-order valence-electron chi connectivity index (χ0n) is 18.9. The van der Waals surface area contributed by atoms with E-state index in [1.165, 1.54) is 0 Å². The minimum absolute atomic E-state index is 0.856. The fourth-order valence-electron chi connectivity index (χ4n) is 4.45. The molecule has 0 N–H and O–H groups in total. The number of para-hydroxylation sites is 1. The lowest BCUT2D eigenvalue weighted by atomic mass is 10.1. The molecule has 0 bridgehead atoms. The van der Waals surface area contributed by atoms with E-state index >= 15 is 0 Å². The summed E-state index contributed by atoms with van der Waals surface area (Å²) in [5, 5.41) is 7.88. The highest BCUT2D eigenvalue weighted by Gasteiger charge is 2.28. The first-order chi connectivity index (χ1) is 16.3. The molecule has 0 aliphatic heterocycles. The lowest BCUT2D eigenvalue weighted by Gasteiger charge is -2.26. The molecule has 0 spiro atoms. The summed E-state index contributed by atoms with van der Waals surface area (Å²) in [6, 6.07) is 33.6. The number of fused-ring (bicyclic) bond motifs is 2. The molecule has 5 aromatic carbocycles. The molecule has 0 unspecified atom stereocenters. The molecule has 0 heterocycles. The highest BCUT2D eigenvalue weighted by Crippen LogP contribution is 2.45. The van der Waals surface area contributed by atoms with E-state index in [-0.39, 0.29) is 0 Å². The van der Waals surface area contributed by atoms with Crippen molar-refractivity contribution in [1.82, 2.24) is 0 Å². The van der Waals surface area contributed by atoms with E-state index in [2.05, 4.69) is 84.9 Å². The fourth-order valence-corrected chi connectivity index (χ4v) is 7.12. The van der Waals surface area contributed by atoms with Crippen molar-refractivity contribution in [1.29, 1.82) is 0 Å². The van der Waals surface area contributed by atoms with Crippen molar-refractivity contribution < 1.29 is 14.2 Å². The van der Waals surface area contributed by atoms with Crippen LogP contribution in [0.3, 0.4) is 0 Å². The van der Waals surface area contributed by atoms with Gasteiger partial charge in [0.1, 0.15) is 17.2 Å². The summed E-state index contributed by atoms with van der Waals surface area (Å²) in [4.78, 5) is 0. The summed E-state index contributed by atoms with van der Waals surface area (Å²) < 4.78 is 17.9. The van der Waals surface area contributed by atoms with Gasteiger partial charge in [-0.3, -0.25) is 0 Å². The molecule has 0 saturated carbocycles. The first-order valence-electron chi connectivity index (χ1n) is 10.8. The van der Waals surface area contributed by atoms with Gasteiger partial charge in [-0.2, -0.15) is 0 Å². The summed E-state index contributed by atoms with van der Waals surface area (Å²) in [5.74, 6) is 2.63. The van der Waals surface area contributed by atoms with Crippen molar-refractivity contribution >= 4 is 45.4 Å². The first kappa shape index (κ1) is 21.3. The second-order valence-corrected chi connectivity index (χ2v) is 9.80. The van der Waals surface area contributed by atoms with E-state index in [0.717, 1.165) is 54.7 Å². The van der Waals surface area contributed by atoms with E-state index in [0.29, 0.717) is 0 Å². The molecule has 164 valence electrons. The van der Waals surface area contributed by atoms with Crippen molar-refractivity contribution in [2.45, 2.75) is 0 Å². The lowest BCUT2D eigenvalue weighted by Crippen LogP contribution is -2.24. The first-order valence-corrected chi connectivity index (χ1v) is 12.2. The van der Waals surface area contributed by atoms with Crippen LogP contribution < -0.4 is 30.1 Å². The van der Waals surface area contributed by atoms with Gasteiger partial charge in [-0.25, -0.2) is 0 Å². The molecule has 3 nitrogen and oxygen atoms in total. The van der Waals surface area contributed by atoms with Gasteiger partial charge in [0, 0.05) is 26.7 Å². The van der Waals surface area contributed by atoms with Crippen molar-refractivity contribution in [3.8, 4) is 17.2 Å². The molecule has 33 heavy (non-hydrogen) atoms. The number of rotatable bonds is 6. The maximum atomic E-state index is 6.05. The third kappa shape index (κ3) is 3.69. The third-order valence-corrected chi connectivity index (χ3v) is 8.45. The number of benzene rings is 5. The van der Waals surface area contributed by atoms with E-state index in [1.54, 1.807) is 21.3 Å². The summed E-state index contributed by atoms with van der Waals surface area (Å²) in [6.45, 7) is 0. The Morgan fingerprint density at radius 3 is 1.45 bits per heavy atom. The van der Waals surface area contributed by atoms with Crippen LogP contribution in [0.2, 0.25) is 0 Å². The molecule has 0 amide bonds. The minimum Gasteiger partial charge on any atom is -0.496 e. The average molecular weight is 452 g/mol. The van der Waals surface area contributed by atoms with Crippen LogP contribution in [0.5, 0.6) is 17.2 Å². The summed E-state index contributed by atoms with van der Waals surface area (Å²) in [7, 11) is 4.17. The Hall–Kier alpha value is -3.55. The molecule has 0 radical (unpaired) electrons. The highest BCUT2D eigenvalue weighted by atomic mass is 31.1. The van der Waals surface area contributed by atoms with Gasteiger partial charge < -0.3 is 14.2 Å². The van der Waals surface area contributed by atoms with E-state index in [4.69, 9.17) is 14.2 Å². The Bertz CT molecular complexity index is 1360. The molecule has 0 aliphatic carbocycles. The molecule has 0 aliphatic rings. The maximum absolute atomic E-state index is 6.05. The predicted octanol–water partition coefficient (Wildman–Crippen LogP) is 5.78. The largest absolute Gasteiger partial charge is 0.496 e. The van der Waals surface area contributed by atoms with Crippen LogP contribution in [0.1, 0.15) is 0 Å². The van der Waals surface area contributed by atoms with Gasteiger partial charge in [0.15, 0.2) is 0 Å². The van der Waals surface area contributed by atoms with Crippen LogP contribution in [0, 0.1) is 0 Å². The third-order valence-electron chi connectivity index (χ3n) is 5.93. The van der Waals surface area contributed by atoms with Crippen molar-refractivity contribution in [3.05, 3.63) is 97.1 Å². The van der Waals surface area contributed by atoms with Crippen LogP contribution in [0.25, 0.3) is 21.5 Å². The average Bonchev–Trinajstić information content (AvgIpc) is 2.88. The van der Waals surface area contributed by atoms with E-state index < -0.39 is 7.92 Å². The summed E-state index contributed by atoms with van der Waals surface area (Å²) in [5.41, 5.74) is 0. The van der Waals surface area contributed by atoms with Gasteiger partial charge in [0.25, 0.3) is 0 Å². The Balaban J connectivity index is 1.87. The lowest BCUT2D eigenvalue weighted by molar-refractivity contribution is 0.418. The van der Waals surface area contributed by atoms with Crippen molar-refractivity contribution in [3.63, 3.8) is 0 Å². The van der Waals surface area contributed by atoms with Crippen LogP contribution in [-0.4, -0.2) is 21.3 Å². The number of hydrogen-bond donors (Lipinski definition) is 0. The molecular formula is C29H25O3P. The molecule has 0 aromatic heterocycles. The van der Waals surface area contributed by atoms with Crippen LogP contribution >= 0.6 is 7.92 Å². The standard InChI is InChI=1S/C29H25O3P/c1-30-24-14-8-9-15-25(24)33(26-18-16-20-10-4-6-12-22(20)28(26)31-2)27-19-17-21-11-5-7-13-23(21)29(27)32-3/h4-19H,1-3H3. The van der Waals surface area contributed by atoms with Gasteiger partial charge in [-0.05, 0) is 36.9 Å². The van der Waals surface area contributed by atoms with Crippen LogP contribution in [0.15, 0.2) is 97.1 Å². The quantitative estimate of drug-likeness (QED) is 0.306. The Morgan fingerprint density at radius 2 is 0.939 bits per heavy atom. The Kier molecular flexibility index (Phi) is 5.90. The zero-order chi connectivity index (χ0) is 22.8. The zero-order valence-corrected chi connectivity index (χ0v) is 19.8. The molecule has 0 saturated heterocycles. The second-order valence-electron chi connectivity index (χ2n) is 7.69. The second kappa shape index (κ2) is 9.13. The van der Waals surface area contributed by atoms with Gasteiger partial charge in [0.05, 0.1) is 21.3 Å². The molecule has 4 heteroatoms. The van der Waals surface area contributed by atoms with Crippen molar-refractivity contribution in [2.75, 3.05) is 21.3 Å². The minimum atomic E-state index is -1.05. The molecule has 0 atom stereocenters. The SMILES string of the molecule is COc1ccccc1P(c1ccc2ccccc2c1OC)c1ccc2ccccc2c1OC. The smallest absolute Gasteiger partial charge is 0.135 e. The summed E-state index contributed by atoms with van der Waals surface area (Å²) in [6.07, 6.45) is 0.